The molecule has 1 aromatic carbocycles. The predicted octanol–water partition coefficient (Wildman–Crippen LogP) is 3.89. The van der Waals surface area contributed by atoms with Gasteiger partial charge in [0.05, 0.1) is 0 Å². The van der Waals surface area contributed by atoms with E-state index in [2.05, 4.69) is 54.9 Å². The van der Waals surface area contributed by atoms with Gasteiger partial charge in [0.1, 0.15) is 0 Å². The third kappa shape index (κ3) is 6.73. The Morgan fingerprint density at radius 3 is 2.43 bits per heavy atom. The van der Waals surface area contributed by atoms with Gasteiger partial charge in [0.15, 0.2) is 8.32 Å². The quantitative estimate of drug-likeness (QED) is 0.469. The first-order valence-corrected chi connectivity index (χ1v) is 13.7. The van der Waals surface area contributed by atoms with Crippen LogP contribution in [0.5, 0.6) is 0 Å². The maximum Gasteiger partial charge on any atom is 0.333 e. The van der Waals surface area contributed by atoms with Gasteiger partial charge in [0.2, 0.25) is 0 Å². The summed E-state index contributed by atoms with van der Waals surface area (Å²) in [4.78, 5) is 25.8. The molecule has 2 rings (SSSR count). The lowest BCUT2D eigenvalue weighted by atomic mass is 9.93. The van der Waals surface area contributed by atoms with E-state index in [1.54, 1.807) is 6.07 Å². The summed E-state index contributed by atoms with van der Waals surface area (Å²) >= 11 is 0. The number of nitrogens with zero attached hydrogens (tertiary/aromatic N) is 1. The van der Waals surface area contributed by atoms with E-state index in [1.807, 2.05) is 18.2 Å². The number of nitrogens with one attached hydrogen (secondary N) is 3. The highest BCUT2D eigenvalue weighted by Crippen LogP contribution is 2.37. The van der Waals surface area contributed by atoms with Crippen LogP contribution in [-0.2, 0) is 4.43 Å². The van der Waals surface area contributed by atoms with Crippen molar-refractivity contribution in [3.05, 3.63) is 29.8 Å². The van der Waals surface area contributed by atoms with Gasteiger partial charge in [-0.25, -0.2) is 10.2 Å². The molecule has 3 amide bonds. The van der Waals surface area contributed by atoms with Crippen molar-refractivity contribution in [3.63, 3.8) is 0 Å². The molecule has 0 spiro atoms. The fraction of sp³-hybridized carbons (Fsp3) is 0.636. The molecule has 30 heavy (non-hydrogen) atoms. The topological polar surface area (TPSA) is 82.7 Å². The molecule has 1 fully saturated rings. The summed E-state index contributed by atoms with van der Waals surface area (Å²) in [6.45, 7) is 14.3. The molecule has 0 radical (unpaired) electrons. The van der Waals surface area contributed by atoms with E-state index in [9.17, 15) is 9.59 Å². The van der Waals surface area contributed by atoms with Gasteiger partial charge >= 0.3 is 6.03 Å². The lowest BCUT2D eigenvalue weighted by molar-refractivity contribution is 0.0936. The Kier molecular flexibility index (Phi) is 8.31. The summed E-state index contributed by atoms with van der Waals surface area (Å²) in [6, 6.07) is 7.07. The largest absolute Gasteiger partial charge is 0.417 e. The molecule has 1 aromatic rings. The van der Waals surface area contributed by atoms with Crippen molar-refractivity contribution < 1.29 is 14.0 Å². The zero-order valence-corrected chi connectivity index (χ0v) is 20.3. The Morgan fingerprint density at radius 2 is 1.83 bits per heavy atom. The number of carbonyl (C=O) groups is 2. The molecule has 0 atom stereocenters. The molecule has 0 saturated carbocycles. The number of hydrogen-bond donors (Lipinski definition) is 3. The summed E-state index contributed by atoms with van der Waals surface area (Å²) in [5.41, 5.74) is 6.27. The Hall–Kier alpha value is -2.06. The van der Waals surface area contributed by atoms with Crippen LogP contribution >= 0.6 is 0 Å². The van der Waals surface area contributed by atoms with E-state index in [-0.39, 0.29) is 10.9 Å². The molecule has 168 valence electrons. The maximum absolute atomic E-state index is 12.2. The van der Waals surface area contributed by atoms with E-state index in [0.29, 0.717) is 11.5 Å². The minimum absolute atomic E-state index is 0.254. The van der Waals surface area contributed by atoms with Crippen molar-refractivity contribution in [2.75, 3.05) is 31.6 Å². The smallest absolute Gasteiger partial charge is 0.333 e. The van der Waals surface area contributed by atoms with Gasteiger partial charge in [-0.1, -0.05) is 26.8 Å². The monoisotopic (exact) mass is 434 g/mol. The first-order chi connectivity index (χ1) is 14.0. The summed E-state index contributed by atoms with van der Waals surface area (Å²) in [5.74, 6) is 0.354. The van der Waals surface area contributed by atoms with Crippen LogP contribution in [0.4, 0.5) is 10.5 Å². The van der Waals surface area contributed by atoms with Gasteiger partial charge < -0.3 is 14.6 Å². The van der Waals surface area contributed by atoms with Crippen LogP contribution in [0.2, 0.25) is 18.1 Å². The van der Waals surface area contributed by atoms with Gasteiger partial charge in [-0.2, -0.15) is 0 Å². The number of anilines is 1. The summed E-state index contributed by atoms with van der Waals surface area (Å²) in [7, 11) is -0.176. The van der Waals surface area contributed by atoms with Gasteiger partial charge in [0, 0.05) is 38.0 Å². The van der Waals surface area contributed by atoms with E-state index < -0.39 is 14.3 Å². The molecule has 0 unspecified atom stereocenters. The minimum Gasteiger partial charge on any atom is -0.417 e. The van der Waals surface area contributed by atoms with Crippen LogP contribution in [0, 0.1) is 5.92 Å². The first kappa shape index (κ1) is 24.2. The molecule has 1 saturated heterocycles. The molecule has 0 bridgehead atoms. The second-order valence-electron chi connectivity index (χ2n) is 9.54. The second-order valence-corrected chi connectivity index (χ2v) is 14.3. The third-order valence-corrected chi connectivity index (χ3v) is 10.9. The predicted molar refractivity (Wildman–Crippen MR) is 124 cm³/mol. The summed E-state index contributed by atoms with van der Waals surface area (Å²) < 4.78 is 6.34. The van der Waals surface area contributed by atoms with E-state index in [1.165, 1.54) is 7.05 Å². The molecule has 1 heterocycles. The number of rotatable bonds is 6. The van der Waals surface area contributed by atoms with Crippen molar-refractivity contribution in [2.24, 2.45) is 5.92 Å². The highest BCUT2D eigenvalue weighted by Gasteiger charge is 2.37. The molecular weight excluding hydrogens is 396 g/mol. The molecule has 1 aliphatic heterocycles. The van der Waals surface area contributed by atoms with Crippen molar-refractivity contribution in [1.29, 1.82) is 0 Å². The molecule has 0 aromatic heterocycles. The fourth-order valence-corrected chi connectivity index (χ4v) is 4.33. The molecule has 1 aliphatic rings. The Balaban J connectivity index is 1.82. The van der Waals surface area contributed by atoms with Crippen molar-refractivity contribution in [3.8, 4) is 0 Å². The molecular formula is C22H38N4O3Si. The molecule has 3 N–H and O–H groups in total. The third-order valence-electron chi connectivity index (χ3n) is 6.40. The minimum atomic E-state index is -1.67. The second kappa shape index (κ2) is 10.3. The standard InChI is InChI=1S/C22H38N4O3Si/c1-22(2,3)30(5,6)29-15-12-17-10-13-26(14-11-17)19-9-7-8-18(16-19)20(27)24-25-21(28)23-4/h7-9,16-17H,10-15H2,1-6H3,(H,24,27)(H2,23,25,28). The maximum atomic E-state index is 12.2. The average Bonchev–Trinajstić information content (AvgIpc) is 2.71. The number of carbonyl (C=O) groups excluding carboxylic acids is 2. The van der Waals surface area contributed by atoms with Crippen LogP contribution in [0.1, 0.15) is 50.4 Å². The van der Waals surface area contributed by atoms with Crippen molar-refractivity contribution >= 4 is 25.9 Å². The highest BCUT2D eigenvalue weighted by atomic mass is 28.4. The summed E-state index contributed by atoms with van der Waals surface area (Å²) in [5, 5.41) is 2.64. The molecule has 0 aliphatic carbocycles. The Morgan fingerprint density at radius 1 is 1.17 bits per heavy atom. The lowest BCUT2D eigenvalue weighted by Crippen LogP contribution is -2.45. The Labute approximate surface area is 182 Å². The molecule has 7 nitrogen and oxygen atoms in total. The highest BCUT2D eigenvalue weighted by molar-refractivity contribution is 6.74. The van der Waals surface area contributed by atoms with Crippen molar-refractivity contribution in [2.45, 2.75) is 58.2 Å². The number of amides is 3. The number of hydrogen-bond acceptors (Lipinski definition) is 4. The molecule has 8 heteroatoms. The zero-order valence-electron chi connectivity index (χ0n) is 19.3. The summed E-state index contributed by atoms with van der Waals surface area (Å²) in [6.07, 6.45) is 3.39. The SMILES string of the molecule is CNC(=O)NNC(=O)c1cccc(N2CCC(CCO[Si](C)(C)C(C)(C)C)CC2)c1. The van der Waals surface area contributed by atoms with Crippen LogP contribution < -0.4 is 21.1 Å². The van der Waals surface area contributed by atoms with Crippen LogP contribution in [0.25, 0.3) is 0 Å². The van der Waals surface area contributed by atoms with Crippen LogP contribution in [0.3, 0.4) is 0 Å². The number of piperidine rings is 1. The normalized spacial score (nSPS) is 15.6. The van der Waals surface area contributed by atoms with E-state index in [0.717, 1.165) is 44.6 Å². The average molecular weight is 435 g/mol. The van der Waals surface area contributed by atoms with E-state index in [4.69, 9.17) is 4.43 Å². The first-order valence-electron chi connectivity index (χ1n) is 10.8. The van der Waals surface area contributed by atoms with Gasteiger partial charge in [-0.3, -0.25) is 10.2 Å². The van der Waals surface area contributed by atoms with Gasteiger partial charge in [0.25, 0.3) is 5.91 Å². The number of hydrazine groups is 1. The van der Waals surface area contributed by atoms with Gasteiger partial charge in [-0.15, -0.1) is 0 Å². The van der Waals surface area contributed by atoms with Crippen molar-refractivity contribution in [1.82, 2.24) is 16.2 Å². The van der Waals surface area contributed by atoms with Crippen LogP contribution in [-0.4, -0.2) is 47.0 Å². The van der Waals surface area contributed by atoms with Crippen LogP contribution in [0.15, 0.2) is 24.3 Å². The number of benzene rings is 1. The zero-order chi connectivity index (χ0) is 22.4. The van der Waals surface area contributed by atoms with Gasteiger partial charge in [-0.05, 0) is 61.5 Å². The Bertz CT molecular complexity index is 725. The number of urea groups is 1. The lowest BCUT2D eigenvalue weighted by Gasteiger charge is -2.37. The van der Waals surface area contributed by atoms with E-state index >= 15 is 0 Å². The fourth-order valence-electron chi connectivity index (χ4n) is 3.27.